The van der Waals surface area contributed by atoms with Crippen molar-refractivity contribution in [1.82, 2.24) is 0 Å². The Bertz CT molecular complexity index is 961. The molecule has 0 heterocycles. The van der Waals surface area contributed by atoms with Crippen LogP contribution in [0.5, 0.6) is 0 Å². The van der Waals surface area contributed by atoms with E-state index in [1.807, 2.05) is 18.2 Å². The van der Waals surface area contributed by atoms with E-state index in [-0.39, 0.29) is 11.6 Å². The van der Waals surface area contributed by atoms with E-state index in [2.05, 4.69) is 92.3 Å². The van der Waals surface area contributed by atoms with E-state index in [1.165, 1.54) is 64.2 Å². The number of rotatable bonds is 20. The fourth-order valence-corrected chi connectivity index (χ4v) is 10.2. The van der Waals surface area contributed by atoms with Gasteiger partial charge in [-0.05, 0) is 33.8 Å². The average molecular weight is 564 g/mol. The van der Waals surface area contributed by atoms with Gasteiger partial charge < -0.3 is 9.53 Å². The lowest BCUT2D eigenvalue weighted by atomic mass is 10.0. The molecule has 0 aliphatic heterocycles. The number of hydrogen-bond acceptors (Lipinski definition) is 3. The van der Waals surface area contributed by atoms with Gasteiger partial charge in [-0.25, -0.2) is 0 Å². The van der Waals surface area contributed by atoms with Crippen molar-refractivity contribution in [3.63, 3.8) is 0 Å². The van der Waals surface area contributed by atoms with Crippen LogP contribution in [0.1, 0.15) is 105 Å². The van der Waals surface area contributed by atoms with Crippen LogP contribution in [0.25, 0.3) is 10.4 Å². The molecule has 0 saturated heterocycles. The van der Waals surface area contributed by atoms with Crippen molar-refractivity contribution in [2.24, 2.45) is 5.11 Å². The first-order valence-electron chi connectivity index (χ1n) is 15.5. The van der Waals surface area contributed by atoms with Gasteiger partial charge in [-0.3, -0.25) is 0 Å². The van der Waals surface area contributed by atoms with Gasteiger partial charge in [0.25, 0.3) is 8.32 Å². The Morgan fingerprint density at radius 2 is 1.30 bits per heavy atom. The smallest absolute Gasteiger partial charge is 0.261 e. The Morgan fingerprint density at radius 1 is 0.825 bits per heavy atom. The maximum absolute atomic E-state index is 10.2. The Balaban J connectivity index is 2.13. The molecule has 2 atom stereocenters. The molecule has 0 aliphatic carbocycles. The van der Waals surface area contributed by atoms with Crippen molar-refractivity contribution >= 4 is 18.7 Å². The molecule has 0 fully saturated rings. The zero-order chi connectivity index (χ0) is 29.1. The molecule has 2 rings (SSSR count). The van der Waals surface area contributed by atoms with Gasteiger partial charge >= 0.3 is 0 Å². The molecule has 0 radical (unpaired) electrons. The highest BCUT2D eigenvalue weighted by Gasteiger charge is 2.51. The van der Waals surface area contributed by atoms with Crippen LogP contribution in [0.2, 0.25) is 5.04 Å². The van der Waals surface area contributed by atoms with Gasteiger partial charge in [0.1, 0.15) is 0 Å². The Hall–Kier alpha value is -2.37. The summed E-state index contributed by atoms with van der Waals surface area (Å²) >= 11 is 0. The molecule has 40 heavy (non-hydrogen) atoms. The number of hydrogen-bond donors (Lipinski definition) is 1. The number of benzene rings is 2. The lowest BCUT2D eigenvalue weighted by molar-refractivity contribution is 0.153. The molecule has 0 bridgehead atoms. The van der Waals surface area contributed by atoms with E-state index in [0.29, 0.717) is 0 Å². The van der Waals surface area contributed by atoms with E-state index in [4.69, 9.17) is 4.43 Å². The predicted molar refractivity (Wildman–Crippen MR) is 173 cm³/mol. The number of unbranched alkanes of at least 4 members (excludes halogenated alkanes) is 11. The molecule has 0 aliphatic rings. The van der Waals surface area contributed by atoms with Gasteiger partial charge in [-0.2, -0.15) is 0 Å². The van der Waals surface area contributed by atoms with Crippen molar-refractivity contribution in [2.75, 3.05) is 6.61 Å². The Kier molecular flexibility index (Phi) is 16.0. The first-order valence-corrected chi connectivity index (χ1v) is 17.4. The minimum absolute atomic E-state index is 0.214. The standard InChI is InChI=1S/C34H53N3O2Si/c1-5-6-7-8-9-10-11-12-13-14-15-16-23-28-33(32(29-38)36-37-35)39-40(34(2,3)4,30-24-19-17-20-25-30)31-26-21-18-22-27-31/h17-28,32-33,38H,5-16,29H2,1-4H3/b28-23+/t32-,33+/m1/s1. The minimum atomic E-state index is -2.87. The minimum Gasteiger partial charge on any atom is -0.401 e. The molecule has 220 valence electrons. The molecule has 0 amide bonds. The van der Waals surface area contributed by atoms with E-state index >= 15 is 0 Å². The van der Waals surface area contributed by atoms with Gasteiger partial charge in [-0.1, -0.05) is 170 Å². The van der Waals surface area contributed by atoms with Crippen molar-refractivity contribution in [3.8, 4) is 0 Å². The first-order chi connectivity index (χ1) is 19.4. The first kappa shape index (κ1) is 33.8. The van der Waals surface area contributed by atoms with Gasteiger partial charge in [0, 0.05) is 4.91 Å². The van der Waals surface area contributed by atoms with Crippen LogP contribution in [0.4, 0.5) is 0 Å². The molecular formula is C34H53N3O2Si. The molecule has 2 aromatic rings. The molecule has 0 spiro atoms. The SMILES string of the molecule is CCCCCCCCCCCCC/C=C/[C@H](O[Si](c1ccccc1)(c1ccccc1)C(C)(C)C)[C@@H](CO)N=[N+]=[N-]. The summed E-state index contributed by atoms with van der Waals surface area (Å²) in [5, 5.41) is 16.3. The van der Waals surface area contributed by atoms with Gasteiger partial charge in [0.2, 0.25) is 0 Å². The third-order valence-corrected chi connectivity index (χ3v) is 12.8. The van der Waals surface area contributed by atoms with E-state index in [0.717, 1.165) is 23.2 Å². The summed E-state index contributed by atoms with van der Waals surface area (Å²) in [5.41, 5.74) is 9.27. The topological polar surface area (TPSA) is 78.2 Å². The van der Waals surface area contributed by atoms with Crippen LogP contribution in [-0.4, -0.2) is 32.2 Å². The fourth-order valence-electron chi connectivity index (χ4n) is 5.57. The molecule has 1 N–H and O–H groups in total. The van der Waals surface area contributed by atoms with Gasteiger partial charge in [-0.15, -0.1) is 0 Å². The molecular weight excluding hydrogens is 510 g/mol. The average Bonchev–Trinajstić information content (AvgIpc) is 2.96. The highest BCUT2D eigenvalue weighted by molar-refractivity contribution is 6.99. The molecule has 6 heteroatoms. The Labute approximate surface area is 244 Å². The van der Waals surface area contributed by atoms with Gasteiger partial charge in [0.05, 0.1) is 18.8 Å². The number of nitrogens with zero attached hydrogens (tertiary/aromatic N) is 3. The number of allylic oxidation sites excluding steroid dienone is 1. The molecule has 0 saturated carbocycles. The van der Waals surface area contributed by atoms with Gasteiger partial charge in [0.15, 0.2) is 0 Å². The Morgan fingerprint density at radius 3 is 1.73 bits per heavy atom. The summed E-state index contributed by atoms with van der Waals surface area (Å²) in [6, 6.07) is 20.2. The zero-order valence-electron chi connectivity index (χ0n) is 25.5. The van der Waals surface area contributed by atoms with Crippen LogP contribution in [-0.2, 0) is 4.43 Å². The van der Waals surface area contributed by atoms with Crippen LogP contribution >= 0.6 is 0 Å². The summed E-state index contributed by atoms with van der Waals surface area (Å²) in [6.07, 6.45) is 19.1. The van der Waals surface area contributed by atoms with Crippen LogP contribution in [0.15, 0.2) is 77.9 Å². The third kappa shape index (κ3) is 10.6. The van der Waals surface area contributed by atoms with Crippen LogP contribution in [0.3, 0.4) is 0 Å². The maximum Gasteiger partial charge on any atom is 0.261 e. The summed E-state index contributed by atoms with van der Waals surface area (Å²) in [7, 11) is -2.87. The highest BCUT2D eigenvalue weighted by atomic mass is 28.4. The highest BCUT2D eigenvalue weighted by Crippen LogP contribution is 2.38. The molecule has 0 aromatic heterocycles. The van der Waals surface area contributed by atoms with Crippen molar-refractivity contribution in [1.29, 1.82) is 0 Å². The fraction of sp³-hybridized carbons (Fsp3) is 0.588. The number of aliphatic hydroxyl groups excluding tert-OH is 1. The monoisotopic (exact) mass is 563 g/mol. The van der Waals surface area contributed by atoms with E-state index in [1.54, 1.807) is 0 Å². The second-order valence-electron chi connectivity index (χ2n) is 12.0. The number of aliphatic hydroxyl groups is 1. The summed E-state index contributed by atoms with van der Waals surface area (Å²) in [6.45, 7) is 8.69. The lowest BCUT2D eigenvalue weighted by Gasteiger charge is -2.45. The zero-order valence-corrected chi connectivity index (χ0v) is 26.5. The second kappa shape index (κ2) is 18.9. The van der Waals surface area contributed by atoms with Crippen molar-refractivity contribution in [2.45, 2.75) is 122 Å². The second-order valence-corrected chi connectivity index (χ2v) is 16.2. The van der Waals surface area contributed by atoms with Crippen molar-refractivity contribution in [3.05, 3.63) is 83.3 Å². The predicted octanol–water partition coefficient (Wildman–Crippen LogP) is 8.86. The number of azide groups is 1. The lowest BCUT2D eigenvalue weighted by Crippen LogP contribution is -2.68. The third-order valence-electron chi connectivity index (χ3n) is 7.80. The maximum atomic E-state index is 10.2. The largest absolute Gasteiger partial charge is 0.401 e. The molecule has 5 nitrogen and oxygen atoms in total. The molecule has 2 aromatic carbocycles. The normalized spacial score (nSPS) is 13.7. The van der Waals surface area contributed by atoms with Crippen molar-refractivity contribution < 1.29 is 9.53 Å². The summed E-state index contributed by atoms with van der Waals surface area (Å²) < 4.78 is 7.21. The van der Waals surface area contributed by atoms with Crippen LogP contribution < -0.4 is 10.4 Å². The molecule has 0 unspecified atom stereocenters. The summed E-state index contributed by atoms with van der Waals surface area (Å²) in [4.78, 5) is 3.05. The van der Waals surface area contributed by atoms with E-state index in [9.17, 15) is 10.6 Å². The quantitative estimate of drug-likeness (QED) is 0.0436. The van der Waals surface area contributed by atoms with Crippen LogP contribution in [0, 0.1) is 0 Å². The summed E-state index contributed by atoms with van der Waals surface area (Å²) in [5.74, 6) is 0. The van der Waals surface area contributed by atoms with E-state index < -0.39 is 20.5 Å².